The third-order valence-electron chi connectivity index (χ3n) is 3.42. The van der Waals surface area contributed by atoms with Crippen LogP contribution in [0.15, 0.2) is 48.5 Å². The first-order valence-corrected chi connectivity index (χ1v) is 8.08. The molecule has 0 saturated heterocycles. The number of hydrogen-bond acceptors (Lipinski definition) is 3. The van der Waals surface area contributed by atoms with E-state index in [-0.39, 0.29) is 24.6 Å². The predicted molar refractivity (Wildman–Crippen MR) is 99.0 cm³/mol. The molecule has 0 aliphatic rings. The molecule has 7 heteroatoms. The molecular weight excluding hydrogens is 342 g/mol. The minimum Gasteiger partial charge on any atom is -0.375 e. The Morgan fingerprint density at radius 3 is 2.24 bits per heavy atom. The summed E-state index contributed by atoms with van der Waals surface area (Å²) in [6.07, 6.45) is 0. The van der Waals surface area contributed by atoms with E-state index in [2.05, 4.69) is 16.0 Å². The summed E-state index contributed by atoms with van der Waals surface area (Å²) < 4.78 is 4.75. The van der Waals surface area contributed by atoms with E-state index in [9.17, 15) is 9.59 Å². The molecule has 0 aliphatic heterocycles. The van der Waals surface area contributed by atoms with Gasteiger partial charge in [-0.25, -0.2) is 4.79 Å². The molecule has 0 fully saturated rings. The number of anilines is 2. The molecule has 0 aliphatic carbocycles. The van der Waals surface area contributed by atoms with Gasteiger partial charge in [0.1, 0.15) is 6.61 Å². The molecule has 0 bridgehead atoms. The van der Waals surface area contributed by atoms with Gasteiger partial charge in [0.2, 0.25) is 5.91 Å². The van der Waals surface area contributed by atoms with Crippen molar-refractivity contribution in [2.24, 2.45) is 0 Å². The van der Waals surface area contributed by atoms with Gasteiger partial charge in [-0.2, -0.15) is 0 Å². The Kier molecular flexibility index (Phi) is 6.80. The maximum atomic E-state index is 12.1. The lowest BCUT2D eigenvalue weighted by atomic mass is 10.1. The van der Waals surface area contributed by atoms with Crippen LogP contribution in [0.3, 0.4) is 0 Å². The SMILES string of the molecule is COCC(=O)Nc1ccc(NC(=O)NC(C)c2ccccc2Cl)cc1. The van der Waals surface area contributed by atoms with Crippen molar-refractivity contribution in [3.05, 3.63) is 59.1 Å². The molecule has 25 heavy (non-hydrogen) atoms. The van der Waals surface area contributed by atoms with E-state index < -0.39 is 0 Å². The largest absolute Gasteiger partial charge is 0.375 e. The number of benzene rings is 2. The zero-order valence-electron chi connectivity index (χ0n) is 14.0. The molecule has 0 heterocycles. The van der Waals surface area contributed by atoms with Gasteiger partial charge in [0.25, 0.3) is 0 Å². The first-order valence-electron chi connectivity index (χ1n) is 7.70. The van der Waals surface area contributed by atoms with Gasteiger partial charge < -0.3 is 20.7 Å². The summed E-state index contributed by atoms with van der Waals surface area (Å²) in [5.41, 5.74) is 2.07. The number of carbonyl (C=O) groups excluding carboxylic acids is 2. The second kappa shape index (κ2) is 9.05. The zero-order chi connectivity index (χ0) is 18.2. The molecule has 6 nitrogen and oxygen atoms in total. The van der Waals surface area contributed by atoms with Gasteiger partial charge in [0.05, 0.1) is 6.04 Å². The van der Waals surface area contributed by atoms with Crippen molar-refractivity contribution in [3.8, 4) is 0 Å². The van der Waals surface area contributed by atoms with E-state index >= 15 is 0 Å². The van der Waals surface area contributed by atoms with Crippen molar-refractivity contribution in [3.63, 3.8) is 0 Å². The van der Waals surface area contributed by atoms with Crippen LogP contribution in [0.25, 0.3) is 0 Å². The number of methoxy groups -OCH3 is 1. The Hall–Kier alpha value is -2.57. The molecule has 1 unspecified atom stereocenters. The first-order chi connectivity index (χ1) is 12.0. The van der Waals surface area contributed by atoms with E-state index in [0.717, 1.165) is 5.56 Å². The van der Waals surface area contributed by atoms with E-state index in [1.165, 1.54) is 7.11 Å². The molecule has 0 radical (unpaired) electrons. The average Bonchev–Trinajstić information content (AvgIpc) is 2.57. The van der Waals surface area contributed by atoms with Crippen LogP contribution in [0.5, 0.6) is 0 Å². The van der Waals surface area contributed by atoms with Crippen molar-refractivity contribution in [1.82, 2.24) is 5.32 Å². The normalized spacial score (nSPS) is 11.5. The predicted octanol–water partition coefficient (Wildman–Crippen LogP) is 3.81. The second-order valence-corrected chi connectivity index (χ2v) is 5.81. The minimum atomic E-state index is -0.344. The van der Waals surface area contributed by atoms with Crippen molar-refractivity contribution in [1.29, 1.82) is 0 Å². The average molecular weight is 362 g/mol. The summed E-state index contributed by atoms with van der Waals surface area (Å²) in [5.74, 6) is -0.241. The van der Waals surface area contributed by atoms with Crippen LogP contribution in [0, 0.1) is 0 Å². The van der Waals surface area contributed by atoms with Crippen LogP contribution in [0.2, 0.25) is 5.02 Å². The van der Waals surface area contributed by atoms with Gasteiger partial charge in [0.15, 0.2) is 0 Å². The summed E-state index contributed by atoms with van der Waals surface area (Å²) in [6, 6.07) is 13.6. The van der Waals surface area contributed by atoms with E-state index in [1.54, 1.807) is 30.3 Å². The summed E-state index contributed by atoms with van der Waals surface area (Å²) in [5, 5.41) is 8.85. The van der Waals surface area contributed by atoms with Crippen molar-refractivity contribution >= 4 is 34.9 Å². The van der Waals surface area contributed by atoms with Crippen LogP contribution >= 0.6 is 11.6 Å². The fraction of sp³-hybridized carbons (Fsp3) is 0.222. The van der Waals surface area contributed by atoms with Gasteiger partial charge in [0, 0.05) is 23.5 Å². The second-order valence-electron chi connectivity index (χ2n) is 5.40. The monoisotopic (exact) mass is 361 g/mol. The van der Waals surface area contributed by atoms with Gasteiger partial charge in [-0.3, -0.25) is 4.79 Å². The maximum Gasteiger partial charge on any atom is 0.319 e. The maximum absolute atomic E-state index is 12.1. The Balaban J connectivity index is 1.90. The topological polar surface area (TPSA) is 79.5 Å². The van der Waals surface area contributed by atoms with Gasteiger partial charge >= 0.3 is 6.03 Å². The zero-order valence-corrected chi connectivity index (χ0v) is 14.8. The third-order valence-corrected chi connectivity index (χ3v) is 3.77. The molecule has 2 rings (SSSR count). The highest BCUT2D eigenvalue weighted by atomic mass is 35.5. The Bertz CT molecular complexity index is 735. The number of urea groups is 1. The molecule has 0 saturated carbocycles. The van der Waals surface area contributed by atoms with Gasteiger partial charge in [-0.05, 0) is 42.8 Å². The summed E-state index contributed by atoms with van der Waals surface area (Å²) >= 11 is 6.13. The van der Waals surface area contributed by atoms with Crippen LogP contribution < -0.4 is 16.0 Å². The summed E-state index contributed by atoms with van der Waals surface area (Å²) in [6.45, 7) is 1.84. The highest BCUT2D eigenvalue weighted by molar-refractivity contribution is 6.31. The first kappa shape index (κ1) is 18.8. The lowest BCUT2D eigenvalue weighted by Gasteiger charge is -2.16. The summed E-state index contributed by atoms with van der Waals surface area (Å²) in [7, 11) is 1.45. The third kappa shape index (κ3) is 5.77. The number of ether oxygens (including phenoxy) is 1. The molecule has 3 amide bonds. The van der Waals surface area contributed by atoms with E-state index in [0.29, 0.717) is 16.4 Å². The molecule has 132 valence electrons. The van der Waals surface area contributed by atoms with Crippen molar-refractivity contribution < 1.29 is 14.3 Å². The number of rotatable bonds is 6. The lowest BCUT2D eigenvalue weighted by molar-refractivity contribution is -0.119. The fourth-order valence-electron chi connectivity index (χ4n) is 2.23. The highest BCUT2D eigenvalue weighted by Crippen LogP contribution is 2.22. The minimum absolute atomic E-state index is 0.0116. The molecule has 0 aromatic heterocycles. The molecule has 0 spiro atoms. The number of nitrogens with one attached hydrogen (secondary N) is 3. The van der Waals surface area contributed by atoms with E-state index in [1.807, 2.05) is 25.1 Å². The Morgan fingerprint density at radius 2 is 1.64 bits per heavy atom. The van der Waals surface area contributed by atoms with Gasteiger partial charge in [-0.15, -0.1) is 0 Å². The number of carbonyl (C=O) groups is 2. The molecule has 2 aromatic rings. The Morgan fingerprint density at radius 1 is 1.04 bits per heavy atom. The molecule has 3 N–H and O–H groups in total. The van der Waals surface area contributed by atoms with Gasteiger partial charge in [-0.1, -0.05) is 29.8 Å². The number of hydrogen-bond donors (Lipinski definition) is 3. The lowest BCUT2D eigenvalue weighted by Crippen LogP contribution is -2.31. The van der Waals surface area contributed by atoms with Crippen molar-refractivity contribution in [2.75, 3.05) is 24.4 Å². The standard InChI is InChI=1S/C18H20ClN3O3/c1-12(15-5-3-4-6-16(15)19)20-18(24)22-14-9-7-13(8-10-14)21-17(23)11-25-2/h3-10,12H,11H2,1-2H3,(H,21,23)(H2,20,22,24). The highest BCUT2D eigenvalue weighted by Gasteiger charge is 2.12. The van der Waals surface area contributed by atoms with Crippen molar-refractivity contribution in [2.45, 2.75) is 13.0 Å². The Labute approximate surface area is 151 Å². The quantitative estimate of drug-likeness (QED) is 0.732. The molecular formula is C18H20ClN3O3. The summed E-state index contributed by atoms with van der Waals surface area (Å²) in [4.78, 5) is 23.5. The molecule has 1 atom stereocenters. The smallest absolute Gasteiger partial charge is 0.319 e. The number of amides is 3. The molecule has 2 aromatic carbocycles. The van der Waals surface area contributed by atoms with Crippen LogP contribution in [0.1, 0.15) is 18.5 Å². The van der Waals surface area contributed by atoms with Crippen LogP contribution in [0.4, 0.5) is 16.2 Å². The number of halogens is 1. The van der Waals surface area contributed by atoms with Crippen LogP contribution in [-0.2, 0) is 9.53 Å². The van der Waals surface area contributed by atoms with E-state index in [4.69, 9.17) is 16.3 Å². The fourth-order valence-corrected chi connectivity index (χ4v) is 2.53. The van der Waals surface area contributed by atoms with Crippen LogP contribution in [-0.4, -0.2) is 25.7 Å².